The molecule has 310 valence electrons. The third kappa shape index (κ3) is 11.0. The highest BCUT2D eigenvalue weighted by molar-refractivity contribution is 7.59. The number of hydrazine groups is 1. The summed E-state index contributed by atoms with van der Waals surface area (Å²) in [5.74, 6) is 0. The van der Waals surface area contributed by atoms with Crippen LogP contribution in [0.3, 0.4) is 0 Å². The zero-order valence-electron chi connectivity index (χ0n) is 36.6. The molecule has 2 aromatic heterocycles. The summed E-state index contributed by atoms with van der Waals surface area (Å²) in [6.07, 6.45) is 11.1. The van der Waals surface area contributed by atoms with Gasteiger partial charge < -0.3 is 14.9 Å². The average Bonchev–Trinajstić information content (AvgIpc) is 4.09. The lowest BCUT2D eigenvalue weighted by atomic mass is 10.0. The molecule has 10 rings (SSSR count). The molecule has 0 spiro atoms. The minimum absolute atomic E-state index is 0. The minimum Gasteiger partial charge on any atom is -0.399 e. The van der Waals surface area contributed by atoms with Gasteiger partial charge in [0.15, 0.2) is 0 Å². The lowest BCUT2D eigenvalue weighted by Gasteiger charge is -2.12. The van der Waals surface area contributed by atoms with Gasteiger partial charge in [0.05, 0.1) is 22.2 Å². The Morgan fingerprint density at radius 1 is 0.533 bits per heavy atom. The van der Waals surface area contributed by atoms with Crippen molar-refractivity contribution >= 4 is 63.5 Å². The molecule has 0 fully saturated rings. The second-order valence-corrected chi connectivity index (χ2v) is 13.9. The Balaban J connectivity index is 0.000000285. The van der Waals surface area contributed by atoms with E-state index in [1.807, 2.05) is 90.3 Å². The molecule has 0 amide bonds. The number of rotatable bonds is 4. The molecule has 0 saturated heterocycles. The molecule has 0 radical (unpaired) electrons. The van der Waals surface area contributed by atoms with Gasteiger partial charge >= 0.3 is 0 Å². The van der Waals surface area contributed by atoms with Gasteiger partial charge in [-0.3, -0.25) is 10.9 Å². The van der Waals surface area contributed by atoms with Crippen LogP contribution in [0.25, 0.3) is 55.7 Å². The number of para-hydroxylation sites is 3. The lowest BCUT2D eigenvalue weighted by Crippen LogP contribution is -2.21. The monoisotopic (exact) mass is 813 g/mol. The second-order valence-electron chi connectivity index (χ2n) is 13.9. The average molecular weight is 814 g/mol. The topological polar surface area (TPSA) is 59.9 Å². The number of anilines is 1. The van der Waals surface area contributed by atoms with Gasteiger partial charge in [-0.15, -0.1) is 0 Å². The maximum atomic E-state index is 5.36. The van der Waals surface area contributed by atoms with Crippen LogP contribution in [0.1, 0.15) is 63.4 Å². The number of nitrogens with zero attached hydrogens (tertiary/aromatic N) is 2. The SMILES string of the molecule is CC.CC.CC1=CC=C(c2ccc(-n3c4c(c5cc6c7ccccc7n(-c7ccccc7)c6cc53)CC=C4)cc2)C1.CNNC.Cc1ccccc1.Nc1ccccc1.S. The maximum absolute atomic E-state index is 5.36. The van der Waals surface area contributed by atoms with Crippen molar-refractivity contribution in [1.82, 2.24) is 20.0 Å². The van der Waals surface area contributed by atoms with Gasteiger partial charge in [0, 0.05) is 33.2 Å². The molecule has 8 aromatic rings. The summed E-state index contributed by atoms with van der Waals surface area (Å²) < 4.78 is 4.87. The molecule has 0 atom stereocenters. The Bertz CT molecular complexity index is 2580. The number of nitrogens with one attached hydrogen (secondary N) is 2. The Morgan fingerprint density at radius 2 is 1.08 bits per heavy atom. The fraction of sp³-hybridized carbons (Fsp3) is 0.185. The van der Waals surface area contributed by atoms with E-state index in [9.17, 15) is 0 Å². The summed E-state index contributed by atoms with van der Waals surface area (Å²) in [6, 6.07) is 53.2. The van der Waals surface area contributed by atoms with E-state index in [4.69, 9.17) is 5.73 Å². The van der Waals surface area contributed by atoms with Crippen LogP contribution in [0.15, 0.2) is 175 Å². The van der Waals surface area contributed by atoms with Crippen LogP contribution in [0, 0.1) is 6.92 Å². The first-order valence-corrected chi connectivity index (χ1v) is 20.9. The second kappa shape index (κ2) is 23.5. The number of hydrogen-bond acceptors (Lipinski definition) is 3. The first-order chi connectivity index (χ1) is 29.0. The van der Waals surface area contributed by atoms with E-state index in [2.05, 4.69) is 161 Å². The molecule has 2 aliphatic carbocycles. The van der Waals surface area contributed by atoms with Crippen molar-refractivity contribution in [3.05, 3.63) is 198 Å². The van der Waals surface area contributed by atoms with Crippen molar-refractivity contribution in [3.8, 4) is 11.4 Å². The predicted octanol–water partition coefficient (Wildman–Crippen LogP) is 13.8. The van der Waals surface area contributed by atoms with Gasteiger partial charge in [-0.2, -0.15) is 13.5 Å². The fourth-order valence-electron chi connectivity index (χ4n) is 7.32. The quantitative estimate of drug-likeness (QED) is 0.123. The molecular formula is C54H63N5S. The van der Waals surface area contributed by atoms with Crippen LogP contribution >= 0.6 is 13.5 Å². The van der Waals surface area contributed by atoms with Crippen LogP contribution in [0.4, 0.5) is 5.69 Å². The third-order valence-corrected chi connectivity index (χ3v) is 10.0. The van der Waals surface area contributed by atoms with Gasteiger partial charge in [-0.1, -0.05) is 154 Å². The summed E-state index contributed by atoms with van der Waals surface area (Å²) in [5.41, 5.74) is 25.9. The summed E-state index contributed by atoms with van der Waals surface area (Å²) in [5, 5.41) is 3.96. The first kappa shape index (κ1) is 46.6. The van der Waals surface area contributed by atoms with E-state index in [1.54, 1.807) is 0 Å². The summed E-state index contributed by atoms with van der Waals surface area (Å²) >= 11 is 0. The van der Waals surface area contributed by atoms with Crippen molar-refractivity contribution in [2.75, 3.05) is 19.8 Å². The third-order valence-electron chi connectivity index (χ3n) is 10.0. The van der Waals surface area contributed by atoms with Gasteiger partial charge in [0.1, 0.15) is 0 Å². The molecule has 2 aliphatic rings. The Morgan fingerprint density at radius 3 is 1.62 bits per heavy atom. The van der Waals surface area contributed by atoms with E-state index >= 15 is 0 Å². The molecule has 0 bridgehead atoms. The fourth-order valence-corrected chi connectivity index (χ4v) is 7.32. The van der Waals surface area contributed by atoms with Crippen molar-refractivity contribution < 1.29 is 0 Å². The van der Waals surface area contributed by atoms with Crippen LogP contribution in [0.5, 0.6) is 0 Å². The number of allylic oxidation sites excluding steroid dienone is 5. The Labute approximate surface area is 365 Å². The standard InChI is InChI=1S/C35H26N2.C7H8.C6H7N.C2H8N2.2C2H6.H2S/c1-23-14-15-25(20-23)24-16-18-27(19-17-24)37-33-13-7-11-29(33)31-21-30-28-10-5-6-12-32(28)36(34(30)22-35(31)37)26-8-3-2-4-9-26;1-7-5-3-2-4-6-7;7-6-4-2-1-3-5-6;1-3-4-2;2*1-2;/h2-10,12-19,21-22H,11,20H2,1H3;2-6H,1H3;1-5H,7H2;3-4H,1-2H3;2*1-2H3;1H2. The van der Waals surface area contributed by atoms with E-state index in [1.165, 1.54) is 77.6 Å². The van der Waals surface area contributed by atoms with E-state index in [0.717, 1.165) is 18.5 Å². The number of nitrogen functional groups attached to an aromatic ring is 1. The molecule has 6 heteroatoms. The van der Waals surface area contributed by atoms with Gasteiger partial charge in [0.2, 0.25) is 0 Å². The van der Waals surface area contributed by atoms with Crippen molar-refractivity contribution in [3.63, 3.8) is 0 Å². The number of benzene rings is 6. The van der Waals surface area contributed by atoms with Crippen molar-refractivity contribution in [2.24, 2.45) is 0 Å². The summed E-state index contributed by atoms with van der Waals surface area (Å²) in [6.45, 7) is 12.3. The van der Waals surface area contributed by atoms with Gasteiger partial charge in [-0.25, -0.2) is 0 Å². The van der Waals surface area contributed by atoms with Crippen LogP contribution in [-0.4, -0.2) is 23.2 Å². The molecule has 0 unspecified atom stereocenters. The van der Waals surface area contributed by atoms with E-state index in [-0.39, 0.29) is 13.5 Å². The molecular weight excluding hydrogens is 751 g/mol. The Hall–Kier alpha value is -6.05. The Kier molecular flexibility index (Phi) is 18.3. The molecule has 4 N–H and O–H groups in total. The number of hydrogen-bond donors (Lipinski definition) is 3. The van der Waals surface area contributed by atoms with E-state index < -0.39 is 0 Å². The zero-order valence-corrected chi connectivity index (χ0v) is 37.6. The van der Waals surface area contributed by atoms with Gasteiger partial charge in [-0.05, 0) is 118 Å². The zero-order chi connectivity index (χ0) is 42.1. The molecule has 0 aliphatic heterocycles. The summed E-state index contributed by atoms with van der Waals surface area (Å²) in [4.78, 5) is 0. The first-order valence-electron chi connectivity index (χ1n) is 20.9. The minimum atomic E-state index is 0. The van der Waals surface area contributed by atoms with Crippen LogP contribution in [0.2, 0.25) is 0 Å². The highest BCUT2D eigenvalue weighted by Gasteiger charge is 2.22. The van der Waals surface area contributed by atoms with Crippen LogP contribution in [-0.2, 0) is 6.42 Å². The number of aromatic nitrogens is 2. The molecule has 6 aromatic carbocycles. The number of aryl methyl sites for hydroxylation is 1. The van der Waals surface area contributed by atoms with Crippen molar-refractivity contribution in [1.29, 1.82) is 0 Å². The van der Waals surface area contributed by atoms with Crippen molar-refractivity contribution in [2.45, 2.75) is 54.4 Å². The molecule has 2 heterocycles. The van der Waals surface area contributed by atoms with E-state index in [0.29, 0.717) is 0 Å². The molecule has 5 nitrogen and oxygen atoms in total. The number of fused-ring (bicyclic) bond motifs is 6. The van der Waals surface area contributed by atoms with Crippen LogP contribution < -0.4 is 16.6 Å². The highest BCUT2D eigenvalue weighted by atomic mass is 32.1. The lowest BCUT2D eigenvalue weighted by molar-refractivity contribution is 0.689. The highest BCUT2D eigenvalue weighted by Crippen LogP contribution is 2.41. The maximum Gasteiger partial charge on any atom is 0.0562 e. The van der Waals surface area contributed by atoms with Gasteiger partial charge in [0.25, 0.3) is 0 Å². The predicted molar refractivity (Wildman–Crippen MR) is 270 cm³/mol. The number of nitrogens with two attached hydrogens (primary N) is 1. The largest absolute Gasteiger partial charge is 0.399 e. The molecule has 60 heavy (non-hydrogen) atoms. The normalized spacial score (nSPS) is 11.7. The smallest absolute Gasteiger partial charge is 0.0562 e. The molecule has 0 saturated carbocycles. The summed E-state index contributed by atoms with van der Waals surface area (Å²) in [7, 11) is 3.64.